The van der Waals surface area contributed by atoms with Gasteiger partial charge in [-0.15, -0.1) is 0 Å². The smallest absolute Gasteiger partial charge is 0.310 e. The molecule has 1 rings (SSSR count). The SMILES string of the molecule is CCCCCC(=O)OC1=CC=C(S(=O)(=O)O)C(C)C1(C)C. The van der Waals surface area contributed by atoms with Gasteiger partial charge in [0.2, 0.25) is 0 Å². The second kappa shape index (κ2) is 6.75. The first-order valence-corrected chi connectivity index (χ1v) is 8.65. The van der Waals surface area contributed by atoms with Crippen molar-refractivity contribution < 1.29 is 22.5 Å². The molecule has 1 unspecified atom stereocenters. The van der Waals surface area contributed by atoms with Crippen LogP contribution in [0.1, 0.15) is 53.4 Å². The monoisotopic (exact) mass is 316 g/mol. The molecule has 0 aromatic carbocycles. The number of hydrogen-bond donors (Lipinski definition) is 1. The van der Waals surface area contributed by atoms with Crippen LogP contribution in [0.2, 0.25) is 0 Å². The van der Waals surface area contributed by atoms with Gasteiger partial charge in [0.15, 0.2) is 0 Å². The summed E-state index contributed by atoms with van der Waals surface area (Å²) in [4.78, 5) is 11.8. The van der Waals surface area contributed by atoms with E-state index in [1.54, 1.807) is 20.8 Å². The predicted octanol–water partition coefficient (Wildman–Crippen LogP) is 3.44. The molecule has 120 valence electrons. The molecule has 0 saturated carbocycles. The van der Waals surface area contributed by atoms with Gasteiger partial charge >= 0.3 is 5.97 Å². The zero-order valence-electron chi connectivity index (χ0n) is 13.0. The summed E-state index contributed by atoms with van der Waals surface area (Å²) in [5.74, 6) is -0.349. The third-order valence-corrected chi connectivity index (χ3v) is 5.13. The Kier molecular flexibility index (Phi) is 5.75. The topological polar surface area (TPSA) is 80.7 Å². The third kappa shape index (κ3) is 4.41. The number of allylic oxidation sites excluding steroid dienone is 4. The van der Waals surface area contributed by atoms with E-state index < -0.39 is 21.5 Å². The molecular formula is C15H24O5S. The van der Waals surface area contributed by atoms with Crippen LogP contribution in [0.15, 0.2) is 22.8 Å². The van der Waals surface area contributed by atoms with Crippen LogP contribution in [0.3, 0.4) is 0 Å². The van der Waals surface area contributed by atoms with Crippen molar-refractivity contribution in [2.24, 2.45) is 11.3 Å². The molecular weight excluding hydrogens is 292 g/mol. The molecule has 0 aromatic rings. The quantitative estimate of drug-likeness (QED) is 0.461. The van der Waals surface area contributed by atoms with Crippen molar-refractivity contribution in [1.29, 1.82) is 0 Å². The molecule has 1 atom stereocenters. The predicted molar refractivity (Wildman–Crippen MR) is 80.9 cm³/mol. The standard InChI is InChI=1S/C15H24O5S/c1-5-6-7-8-14(16)20-13-10-9-12(21(17,18)19)11(2)15(13,3)4/h9-11H,5-8H2,1-4H3,(H,17,18,19). The average molecular weight is 316 g/mol. The summed E-state index contributed by atoms with van der Waals surface area (Å²) in [6.07, 6.45) is 5.90. The van der Waals surface area contributed by atoms with E-state index in [-0.39, 0.29) is 10.9 Å². The largest absolute Gasteiger partial charge is 0.430 e. The molecule has 0 spiro atoms. The van der Waals surface area contributed by atoms with Gasteiger partial charge in [-0.05, 0) is 18.6 Å². The molecule has 0 radical (unpaired) electrons. The molecule has 1 aliphatic rings. The Bertz CT molecular complexity index is 555. The number of carbonyl (C=O) groups is 1. The van der Waals surface area contributed by atoms with Crippen molar-refractivity contribution in [3.63, 3.8) is 0 Å². The first-order chi connectivity index (χ1) is 9.60. The van der Waals surface area contributed by atoms with Crippen molar-refractivity contribution in [3.05, 3.63) is 22.8 Å². The Balaban J connectivity index is 2.90. The highest BCUT2D eigenvalue weighted by Gasteiger charge is 2.40. The van der Waals surface area contributed by atoms with Crippen LogP contribution in [0, 0.1) is 11.3 Å². The van der Waals surface area contributed by atoms with Crippen LogP contribution in [0.5, 0.6) is 0 Å². The lowest BCUT2D eigenvalue weighted by atomic mass is 9.75. The molecule has 0 amide bonds. The van der Waals surface area contributed by atoms with Crippen LogP contribution in [0.25, 0.3) is 0 Å². The molecule has 1 aliphatic carbocycles. The van der Waals surface area contributed by atoms with Gasteiger partial charge in [0.05, 0.1) is 4.91 Å². The van der Waals surface area contributed by atoms with E-state index in [9.17, 15) is 17.8 Å². The van der Waals surface area contributed by atoms with Crippen LogP contribution in [0.4, 0.5) is 0 Å². The Morgan fingerprint density at radius 1 is 1.33 bits per heavy atom. The van der Waals surface area contributed by atoms with E-state index in [0.717, 1.165) is 19.3 Å². The van der Waals surface area contributed by atoms with Gasteiger partial charge in [0, 0.05) is 17.8 Å². The minimum absolute atomic E-state index is 0.0571. The molecule has 0 aliphatic heterocycles. The van der Waals surface area contributed by atoms with Crippen molar-refractivity contribution in [1.82, 2.24) is 0 Å². The minimum atomic E-state index is -4.24. The van der Waals surface area contributed by atoms with E-state index in [4.69, 9.17) is 4.74 Å². The fraction of sp³-hybridized carbons (Fsp3) is 0.667. The number of carbonyl (C=O) groups excluding carboxylic acids is 1. The van der Waals surface area contributed by atoms with Crippen molar-refractivity contribution in [2.75, 3.05) is 0 Å². The zero-order chi connectivity index (χ0) is 16.3. The van der Waals surface area contributed by atoms with Gasteiger partial charge in [0.25, 0.3) is 10.1 Å². The lowest BCUT2D eigenvalue weighted by Crippen LogP contribution is -2.32. The number of esters is 1. The van der Waals surface area contributed by atoms with Crippen molar-refractivity contribution in [2.45, 2.75) is 53.4 Å². The normalized spacial score (nSPS) is 21.5. The van der Waals surface area contributed by atoms with Gasteiger partial charge in [0.1, 0.15) is 5.76 Å². The maximum Gasteiger partial charge on any atom is 0.310 e. The first-order valence-electron chi connectivity index (χ1n) is 7.21. The van der Waals surface area contributed by atoms with Crippen LogP contribution in [-0.4, -0.2) is 18.9 Å². The molecule has 0 fully saturated rings. The van der Waals surface area contributed by atoms with Gasteiger partial charge < -0.3 is 4.74 Å². The molecule has 21 heavy (non-hydrogen) atoms. The molecule has 0 heterocycles. The Labute approximate surface area is 126 Å². The molecule has 5 nitrogen and oxygen atoms in total. The van der Waals surface area contributed by atoms with Crippen LogP contribution in [-0.2, 0) is 19.6 Å². The highest BCUT2D eigenvalue weighted by Crippen LogP contribution is 2.44. The minimum Gasteiger partial charge on any atom is -0.430 e. The summed E-state index contributed by atoms with van der Waals surface area (Å²) in [7, 11) is -4.24. The number of ether oxygens (including phenoxy) is 1. The average Bonchev–Trinajstić information content (AvgIpc) is 2.34. The molecule has 1 N–H and O–H groups in total. The summed E-state index contributed by atoms with van der Waals surface area (Å²) < 4.78 is 37.3. The summed E-state index contributed by atoms with van der Waals surface area (Å²) in [6.45, 7) is 7.33. The van der Waals surface area contributed by atoms with E-state index >= 15 is 0 Å². The number of rotatable bonds is 6. The Morgan fingerprint density at radius 2 is 1.95 bits per heavy atom. The summed E-state index contributed by atoms with van der Waals surface area (Å²) >= 11 is 0. The van der Waals surface area contributed by atoms with Crippen LogP contribution < -0.4 is 0 Å². The summed E-state index contributed by atoms with van der Waals surface area (Å²) in [6, 6.07) is 0. The highest BCUT2D eigenvalue weighted by atomic mass is 32.2. The second-order valence-corrected chi connectivity index (χ2v) is 7.37. The van der Waals surface area contributed by atoms with Gasteiger partial charge in [-0.1, -0.05) is 40.5 Å². The molecule has 0 saturated heterocycles. The van der Waals surface area contributed by atoms with Gasteiger partial charge in [-0.3, -0.25) is 9.35 Å². The Hall–Kier alpha value is -1.14. The first kappa shape index (κ1) is 17.9. The van der Waals surface area contributed by atoms with E-state index in [0.29, 0.717) is 12.2 Å². The highest BCUT2D eigenvalue weighted by molar-refractivity contribution is 7.89. The van der Waals surface area contributed by atoms with Gasteiger partial charge in [-0.2, -0.15) is 8.42 Å². The Morgan fingerprint density at radius 3 is 2.48 bits per heavy atom. The number of hydrogen-bond acceptors (Lipinski definition) is 4. The maximum absolute atomic E-state index is 11.8. The molecule has 6 heteroatoms. The summed E-state index contributed by atoms with van der Waals surface area (Å²) in [5.41, 5.74) is -0.680. The lowest BCUT2D eigenvalue weighted by molar-refractivity contribution is -0.141. The van der Waals surface area contributed by atoms with Crippen molar-refractivity contribution >= 4 is 16.1 Å². The summed E-state index contributed by atoms with van der Waals surface area (Å²) in [5, 5.41) is 0. The van der Waals surface area contributed by atoms with Crippen LogP contribution >= 0.6 is 0 Å². The lowest BCUT2D eigenvalue weighted by Gasteiger charge is -2.36. The van der Waals surface area contributed by atoms with E-state index in [1.165, 1.54) is 12.2 Å². The second-order valence-electron chi connectivity index (χ2n) is 5.95. The van der Waals surface area contributed by atoms with E-state index in [1.807, 2.05) is 0 Å². The van der Waals surface area contributed by atoms with Crippen molar-refractivity contribution in [3.8, 4) is 0 Å². The number of unbranched alkanes of at least 4 members (excludes halogenated alkanes) is 2. The van der Waals surface area contributed by atoms with E-state index in [2.05, 4.69) is 6.92 Å². The maximum atomic E-state index is 11.8. The fourth-order valence-corrected chi connectivity index (χ4v) is 3.24. The molecule has 0 aromatic heterocycles. The van der Waals surface area contributed by atoms with Gasteiger partial charge in [-0.25, -0.2) is 0 Å². The molecule has 0 bridgehead atoms. The third-order valence-electron chi connectivity index (χ3n) is 4.05. The zero-order valence-corrected chi connectivity index (χ0v) is 13.9. The fourth-order valence-electron chi connectivity index (χ4n) is 2.25.